The van der Waals surface area contributed by atoms with Crippen molar-refractivity contribution in [3.05, 3.63) is 75.7 Å². The van der Waals surface area contributed by atoms with Crippen molar-refractivity contribution in [2.75, 3.05) is 73.0 Å². The van der Waals surface area contributed by atoms with Gasteiger partial charge in [-0.2, -0.15) is 5.10 Å². The van der Waals surface area contributed by atoms with Gasteiger partial charge in [0, 0.05) is 62.7 Å². The topological polar surface area (TPSA) is 136 Å². The average Bonchev–Trinajstić information content (AvgIpc) is 3.67. The second-order valence-electron chi connectivity index (χ2n) is 15.5. The van der Waals surface area contributed by atoms with Crippen LogP contribution in [0.25, 0.3) is 21.8 Å². The summed E-state index contributed by atoms with van der Waals surface area (Å²) in [5.74, 6) is -0.932. The van der Waals surface area contributed by atoms with Gasteiger partial charge in [-0.05, 0) is 107 Å². The number of carbonyl (C=O) groups excluding carboxylic acids is 3. The molecule has 1 atom stereocenters. The van der Waals surface area contributed by atoms with E-state index in [0.29, 0.717) is 62.6 Å². The summed E-state index contributed by atoms with van der Waals surface area (Å²) in [6.45, 7) is 8.25. The van der Waals surface area contributed by atoms with Crippen LogP contribution in [0.4, 0.5) is 0 Å². The van der Waals surface area contributed by atoms with Gasteiger partial charge in [0.2, 0.25) is 11.8 Å². The minimum atomic E-state index is -0.479. The molecule has 0 spiro atoms. The maximum absolute atomic E-state index is 14.3. The lowest BCUT2D eigenvalue weighted by Crippen LogP contribution is -2.55. The van der Waals surface area contributed by atoms with Gasteiger partial charge in [0.15, 0.2) is 6.73 Å². The Bertz CT molecular complexity index is 2020. The number of amides is 2. The number of likely N-dealkylation sites (tertiary alicyclic amines) is 2. The van der Waals surface area contributed by atoms with Gasteiger partial charge in [0.25, 0.3) is 5.56 Å². The number of aromatic amines is 1. The highest BCUT2D eigenvalue weighted by Crippen LogP contribution is 2.30. The van der Waals surface area contributed by atoms with Gasteiger partial charge >= 0.3 is 5.97 Å². The van der Waals surface area contributed by atoms with Crippen molar-refractivity contribution in [1.29, 1.82) is 0 Å². The number of ether oxygens (including phenoxy) is 1. The molecule has 13 heteroatoms. The number of nitrogens with zero attached hydrogens (tertiary/aromatic N) is 6. The lowest BCUT2D eigenvalue weighted by Gasteiger charge is -2.43. The van der Waals surface area contributed by atoms with Crippen LogP contribution in [-0.4, -0.2) is 131 Å². The Morgan fingerprint density at radius 1 is 0.926 bits per heavy atom. The van der Waals surface area contributed by atoms with Crippen molar-refractivity contribution in [3.8, 4) is 0 Å². The Morgan fingerprint density at radius 2 is 1.67 bits per heavy atom. The molecule has 0 radical (unpaired) electrons. The van der Waals surface area contributed by atoms with E-state index in [1.807, 2.05) is 47.1 Å². The zero-order valence-electron chi connectivity index (χ0n) is 31.9. The number of likely N-dealkylation sites (N-methyl/N-ethyl adjacent to an activating group) is 1. The third-order valence-corrected chi connectivity index (χ3v) is 11.9. The van der Waals surface area contributed by atoms with Crippen LogP contribution < -0.4 is 10.9 Å². The fraction of sp³-hybridized carbons (Fsp3) is 0.537. The second-order valence-corrected chi connectivity index (χ2v) is 15.5. The average molecular weight is 739 g/mol. The SMILES string of the molecule is CNCC(=O)OCn1c(=O)c(C2CCN(C(=O)C[C@H](Cc3cc(C)c4[nH]ncc4c3)C(=O)N3CCN(C4CCN(C)CC4)CC3)CC2)cc2ccccc21. The number of aryl methyl sites for hydroxylation is 1. The number of esters is 1. The van der Waals surface area contributed by atoms with Crippen LogP contribution in [0.3, 0.4) is 0 Å². The molecule has 2 aromatic carbocycles. The molecule has 288 valence electrons. The fourth-order valence-electron chi connectivity index (χ4n) is 8.77. The number of piperazine rings is 1. The Labute approximate surface area is 316 Å². The van der Waals surface area contributed by atoms with Crippen LogP contribution in [0.5, 0.6) is 0 Å². The van der Waals surface area contributed by atoms with Crippen LogP contribution in [-0.2, 0) is 32.3 Å². The van der Waals surface area contributed by atoms with Crippen molar-refractivity contribution in [2.45, 2.75) is 64.1 Å². The van der Waals surface area contributed by atoms with E-state index in [9.17, 15) is 19.2 Å². The molecule has 13 nitrogen and oxygen atoms in total. The number of fused-ring (bicyclic) bond motifs is 2. The van der Waals surface area contributed by atoms with Crippen molar-refractivity contribution in [1.82, 2.24) is 39.7 Å². The zero-order valence-corrected chi connectivity index (χ0v) is 31.9. The number of para-hydroxylation sites is 1. The molecular weight excluding hydrogens is 685 g/mol. The number of carbonyl (C=O) groups is 3. The standard InChI is InChI=1S/C41H54N8O5/c1-28-20-29(22-33-25-43-44-39(28)33)21-32(40(52)48-18-16-46(17-19-48)34-10-12-45(3)13-11-34)24-37(50)47-14-8-30(9-15-47)35-23-31-6-4-5-7-36(31)49(41(35)53)27-54-38(51)26-42-2/h4-7,20,22-23,25,30,32,34,42H,8-19,21,24,26-27H2,1-3H3,(H,43,44)/t32-/m0/s1. The van der Waals surface area contributed by atoms with Gasteiger partial charge in [0.1, 0.15) is 0 Å². The molecule has 3 fully saturated rings. The molecule has 3 saturated heterocycles. The lowest BCUT2D eigenvalue weighted by atomic mass is 9.88. The summed E-state index contributed by atoms with van der Waals surface area (Å²) in [5, 5.41) is 12.0. The van der Waals surface area contributed by atoms with Gasteiger partial charge in [-0.1, -0.05) is 24.3 Å². The smallest absolute Gasteiger partial charge is 0.321 e. The molecular formula is C41H54N8O5. The van der Waals surface area contributed by atoms with Crippen LogP contribution in [0.15, 0.2) is 53.5 Å². The normalized spacial score (nSPS) is 18.7. The van der Waals surface area contributed by atoms with E-state index in [1.54, 1.807) is 13.2 Å². The van der Waals surface area contributed by atoms with Crippen molar-refractivity contribution >= 4 is 39.6 Å². The van der Waals surface area contributed by atoms with Gasteiger partial charge in [-0.15, -0.1) is 0 Å². The summed E-state index contributed by atoms with van der Waals surface area (Å²) in [6.07, 6.45) is 6.02. The minimum Gasteiger partial charge on any atom is -0.443 e. The molecule has 0 unspecified atom stereocenters. The van der Waals surface area contributed by atoms with E-state index in [-0.39, 0.29) is 43.0 Å². The van der Waals surface area contributed by atoms with Crippen molar-refractivity contribution in [2.24, 2.45) is 5.92 Å². The zero-order chi connectivity index (χ0) is 37.8. The second kappa shape index (κ2) is 16.8. The number of pyridine rings is 1. The first-order chi connectivity index (χ1) is 26.2. The highest BCUT2D eigenvalue weighted by atomic mass is 16.5. The third-order valence-electron chi connectivity index (χ3n) is 11.9. The van der Waals surface area contributed by atoms with Gasteiger partial charge < -0.3 is 24.8 Å². The maximum Gasteiger partial charge on any atom is 0.321 e. The third kappa shape index (κ3) is 8.38. The van der Waals surface area contributed by atoms with Crippen LogP contribution >= 0.6 is 0 Å². The summed E-state index contributed by atoms with van der Waals surface area (Å²) in [4.78, 5) is 63.2. The molecule has 0 saturated carbocycles. The molecule has 7 rings (SSSR count). The Balaban J connectivity index is 1.03. The summed E-state index contributed by atoms with van der Waals surface area (Å²) in [6, 6.07) is 14.3. The Kier molecular flexibility index (Phi) is 11.8. The van der Waals surface area contributed by atoms with E-state index < -0.39 is 11.9 Å². The van der Waals surface area contributed by atoms with E-state index in [4.69, 9.17) is 4.74 Å². The number of hydrogen-bond acceptors (Lipinski definition) is 9. The number of piperidine rings is 2. The minimum absolute atomic E-state index is 0.0229. The molecule has 2 aromatic heterocycles. The number of nitrogens with one attached hydrogen (secondary N) is 2. The molecule has 0 bridgehead atoms. The van der Waals surface area contributed by atoms with Crippen LogP contribution in [0.2, 0.25) is 0 Å². The highest BCUT2D eigenvalue weighted by molar-refractivity contribution is 5.87. The van der Waals surface area contributed by atoms with Crippen LogP contribution in [0, 0.1) is 12.8 Å². The van der Waals surface area contributed by atoms with Gasteiger partial charge in [-0.25, -0.2) is 0 Å². The monoisotopic (exact) mass is 738 g/mol. The number of benzene rings is 2. The molecule has 4 aromatic rings. The van der Waals surface area contributed by atoms with Crippen LogP contribution in [0.1, 0.15) is 54.7 Å². The van der Waals surface area contributed by atoms with E-state index >= 15 is 0 Å². The molecule has 3 aliphatic heterocycles. The Hall–Kier alpha value is -4.59. The summed E-state index contributed by atoms with van der Waals surface area (Å²) in [5.41, 5.74) is 4.27. The van der Waals surface area contributed by atoms with E-state index in [0.717, 1.165) is 66.4 Å². The molecule has 2 amide bonds. The molecule has 3 aliphatic rings. The van der Waals surface area contributed by atoms with Gasteiger partial charge in [0.05, 0.1) is 29.7 Å². The molecule has 5 heterocycles. The number of hydrogen-bond donors (Lipinski definition) is 2. The summed E-state index contributed by atoms with van der Waals surface area (Å²) < 4.78 is 6.95. The maximum atomic E-state index is 14.3. The number of aromatic nitrogens is 3. The first-order valence-electron chi connectivity index (χ1n) is 19.5. The summed E-state index contributed by atoms with van der Waals surface area (Å²) in [7, 11) is 3.85. The predicted octanol–water partition coefficient (Wildman–Crippen LogP) is 3.10. The molecule has 0 aliphatic carbocycles. The van der Waals surface area contributed by atoms with E-state index in [1.165, 1.54) is 4.57 Å². The largest absolute Gasteiger partial charge is 0.443 e. The summed E-state index contributed by atoms with van der Waals surface area (Å²) >= 11 is 0. The lowest BCUT2D eigenvalue weighted by molar-refractivity contribution is -0.146. The number of rotatable bonds is 11. The van der Waals surface area contributed by atoms with E-state index in [2.05, 4.69) is 44.5 Å². The molecule has 54 heavy (non-hydrogen) atoms. The van der Waals surface area contributed by atoms with Gasteiger partial charge in [-0.3, -0.25) is 33.7 Å². The highest BCUT2D eigenvalue weighted by Gasteiger charge is 2.34. The first kappa shape index (κ1) is 37.7. The fourth-order valence-corrected chi connectivity index (χ4v) is 8.77. The predicted molar refractivity (Wildman–Crippen MR) is 208 cm³/mol. The Morgan fingerprint density at radius 3 is 2.41 bits per heavy atom. The molecule has 2 N–H and O–H groups in total. The number of H-pyrrole nitrogens is 1. The quantitative estimate of drug-likeness (QED) is 0.223. The van der Waals surface area contributed by atoms with Crippen molar-refractivity contribution in [3.63, 3.8) is 0 Å². The first-order valence-corrected chi connectivity index (χ1v) is 19.5. The van der Waals surface area contributed by atoms with Crippen molar-refractivity contribution < 1.29 is 19.1 Å².